The zero-order chi connectivity index (χ0) is 20.0. The van der Waals surface area contributed by atoms with Crippen molar-refractivity contribution in [3.05, 3.63) is 68.1 Å². The molecule has 0 aliphatic carbocycles. The van der Waals surface area contributed by atoms with E-state index in [1.165, 1.54) is 12.1 Å². The number of para-hydroxylation sites is 1. The number of rotatable bonds is 3. The number of nitro groups is 1. The summed E-state index contributed by atoms with van der Waals surface area (Å²) < 4.78 is 66.2. The number of nitrogens with zero attached hydrogens (tertiary/aromatic N) is 3. The molecule has 0 atom stereocenters. The van der Waals surface area contributed by atoms with Gasteiger partial charge in [0, 0.05) is 30.9 Å². The average molecular weight is 403 g/mol. The van der Waals surface area contributed by atoms with Gasteiger partial charge in [-0.1, -0.05) is 12.1 Å². The normalized spacial score (nSPS) is 15.4. The summed E-state index contributed by atoms with van der Waals surface area (Å²) in [6.07, 6.45) is -4.76. The van der Waals surface area contributed by atoms with Crippen LogP contribution in [0.15, 0.2) is 46.1 Å². The van der Waals surface area contributed by atoms with Crippen molar-refractivity contribution in [1.29, 1.82) is 0 Å². The molecule has 12 heteroatoms. The predicted octanol–water partition coefficient (Wildman–Crippen LogP) is 1.98. The molecule has 8 nitrogen and oxygen atoms in total. The molecule has 0 unspecified atom stereocenters. The second kappa shape index (κ2) is 6.46. The van der Waals surface area contributed by atoms with Crippen LogP contribution in [-0.2, 0) is 29.3 Å². The van der Waals surface area contributed by atoms with E-state index in [2.05, 4.69) is 0 Å². The molecule has 0 amide bonds. The molecule has 2 aromatic rings. The largest absolute Gasteiger partial charge is 0.416 e. The van der Waals surface area contributed by atoms with Crippen molar-refractivity contribution >= 4 is 15.7 Å². The number of nitro benzene ring substituents is 1. The van der Waals surface area contributed by atoms with Crippen molar-refractivity contribution in [2.75, 3.05) is 6.54 Å². The van der Waals surface area contributed by atoms with Gasteiger partial charge in [0.1, 0.15) is 0 Å². The zero-order valence-corrected chi connectivity index (χ0v) is 14.3. The molecule has 0 saturated carbocycles. The lowest BCUT2D eigenvalue weighted by Crippen LogP contribution is -2.42. The third kappa shape index (κ3) is 3.45. The van der Waals surface area contributed by atoms with E-state index in [1.807, 2.05) is 0 Å². The molecule has 2 heterocycles. The lowest BCUT2D eigenvalue weighted by Gasteiger charge is -2.29. The monoisotopic (exact) mass is 403 g/mol. The van der Waals surface area contributed by atoms with Gasteiger partial charge >= 0.3 is 6.18 Å². The number of halogens is 3. The van der Waals surface area contributed by atoms with Gasteiger partial charge in [-0.15, -0.1) is 0 Å². The molecule has 0 bridgehead atoms. The fraction of sp³-hybridized carbons (Fsp3) is 0.267. The van der Waals surface area contributed by atoms with Crippen LogP contribution >= 0.6 is 0 Å². The summed E-state index contributed by atoms with van der Waals surface area (Å²) in [6, 6.07) is 5.86. The lowest BCUT2D eigenvalue weighted by atomic mass is 10.2. The van der Waals surface area contributed by atoms with Crippen LogP contribution in [0.3, 0.4) is 0 Å². The summed E-state index contributed by atoms with van der Waals surface area (Å²) in [6.45, 7) is -0.869. The van der Waals surface area contributed by atoms with E-state index in [1.54, 1.807) is 0 Å². The molecule has 0 spiro atoms. The highest BCUT2D eigenvalue weighted by atomic mass is 32.2. The van der Waals surface area contributed by atoms with E-state index in [0.29, 0.717) is 12.1 Å². The van der Waals surface area contributed by atoms with Gasteiger partial charge in [0.25, 0.3) is 11.2 Å². The van der Waals surface area contributed by atoms with E-state index in [-0.39, 0.29) is 18.8 Å². The van der Waals surface area contributed by atoms with Gasteiger partial charge in [0.05, 0.1) is 17.0 Å². The fourth-order valence-electron chi connectivity index (χ4n) is 2.84. The van der Waals surface area contributed by atoms with E-state index in [0.717, 1.165) is 21.0 Å². The van der Waals surface area contributed by atoms with Crippen LogP contribution in [0.4, 0.5) is 18.9 Å². The Morgan fingerprint density at radius 2 is 1.78 bits per heavy atom. The molecule has 0 fully saturated rings. The van der Waals surface area contributed by atoms with Gasteiger partial charge in [0.2, 0.25) is 10.0 Å². The minimum Gasteiger partial charge on any atom is -0.310 e. The molecule has 0 saturated heterocycles. The van der Waals surface area contributed by atoms with Gasteiger partial charge in [0.15, 0.2) is 4.90 Å². The summed E-state index contributed by atoms with van der Waals surface area (Å²) in [5.41, 5.74) is -2.83. The minimum absolute atomic E-state index is 0.136. The number of hydrogen-bond donors (Lipinski definition) is 0. The van der Waals surface area contributed by atoms with Gasteiger partial charge < -0.3 is 4.57 Å². The van der Waals surface area contributed by atoms with Crippen molar-refractivity contribution in [2.45, 2.75) is 24.2 Å². The summed E-state index contributed by atoms with van der Waals surface area (Å²) in [5, 5.41) is 11.1. The van der Waals surface area contributed by atoms with Gasteiger partial charge in [-0.05, 0) is 12.1 Å². The third-order valence-corrected chi connectivity index (χ3v) is 6.02. The number of alkyl halides is 3. The maximum atomic E-state index is 12.9. The van der Waals surface area contributed by atoms with E-state index >= 15 is 0 Å². The van der Waals surface area contributed by atoms with E-state index in [4.69, 9.17) is 0 Å². The van der Waals surface area contributed by atoms with Gasteiger partial charge in [-0.2, -0.15) is 17.5 Å². The number of sulfonamides is 1. The SMILES string of the molecule is O=c1cc(C(F)(F)F)cc2n1CCN(S(=O)(=O)c1ccccc1[N+](=O)[O-])C2. The van der Waals surface area contributed by atoms with Crippen molar-refractivity contribution in [3.63, 3.8) is 0 Å². The summed E-state index contributed by atoms with van der Waals surface area (Å²) in [7, 11) is -4.35. The third-order valence-electron chi connectivity index (χ3n) is 4.13. The molecule has 0 radical (unpaired) electrons. The number of aromatic nitrogens is 1. The first-order valence-corrected chi connectivity index (χ1v) is 9.00. The maximum absolute atomic E-state index is 12.9. The number of hydrogen-bond acceptors (Lipinski definition) is 5. The Bertz CT molecular complexity index is 1080. The maximum Gasteiger partial charge on any atom is 0.416 e. The highest BCUT2D eigenvalue weighted by molar-refractivity contribution is 7.89. The van der Waals surface area contributed by atoms with Crippen LogP contribution in [0.1, 0.15) is 11.3 Å². The molecule has 1 aromatic heterocycles. The Balaban J connectivity index is 2.04. The Morgan fingerprint density at radius 3 is 2.41 bits per heavy atom. The molecule has 144 valence electrons. The Hall–Kier alpha value is -2.73. The molecule has 1 aliphatic heterocycles. The first kappa shape index (κ1) is 19.0. The molecule has 27 heavy (non-hydrogen) atoms. The lowest BCUT2D eigenvalue weighted by molar-refractivity contribution is -0.387. The van der Waals surface area contributed by atoms with Crippen LogP contribution in [0.5, 0.6) is 0 Å². The van der Waals surface area contributed by atoms with Crippen LogP contribution in [-0.4, -0.2) is 28.8 Å². The Morgan fingerprint density at radius 1 is 1.11 bits per heavy atom. The van der Waals surface area contributed by atoms with Crippen molar-refractivity contribution in [1.82, 2.24) is 8.87 Å². The Kier molecular flexibility index (Phi) is 4.56. The van der Waals surface area contributed by atoms with Crippen molar-refractivity contribution in [2.24, 2.45) is 0 Å². The first-order chi connectivity index (χ1) is 12.5. The van der Waals surface area contributed by atoms with Crippen molar-refractivity contribution < 1.29 is 26.5 Å². The summed E-state index contributed by atoms with van der Waals surface area (Å²) in [4.78, 5) is 21.6. The highest BCUT2D eigenvalue weighted by Crippen LogP contribution is 2.31. The smallest absolute Gasteiger partial charge is 0.310 e. The summed E-state index contributed by atoms with van der Waals surface area (Å²) >= 11 is 0. The number of pyridine rings is 1. The number of benzene rings is 1. The summed E-state index contributed by atoms with van der Waals surface area (Å²) in [5.74, 6) is 0. The molecular weight excluding hydrogens is 391 g/mol. The standard InChI is InChI=1S/C15H12F3N3O5S/c16-15(17,18)10-7-11-9-19(5-6-20(11)14(22)8-10)27(25,26)13-4-2-1-3-12(13)21(23)24/h1-4,7-8H,5-6,9H2. The van der Waals surface area contributed by atoms with Crippen LogP contribution in [0, 0.1) is 10.1 Å². The molecular formula is C15H12F3N3O5S. The van der Waals surface area contributed by atoms with Crippen LogP contribution in [0.2, 0.25) is 0 Å². The topological polar surface area (TPSA) is 103 Å². The highest BCUT2D eigenvalue weighted by Gasteiger charge is 2.36. The molecule has 1 aromatic carbocycles. The molecule has 0 N–H and O–H groups in total. The van der Waals surface area contributed by atoms with Crippen LogP contribution < -0.4 is 5.56 Å². The molecule has 1 aliphatic rings. The number of fused-ring (bicyclic) bond motifs is 1. The van der Waals surface area contributed by atoms with Gasteiger partial charge in [-0.25, -0.2) is 8.42 Å². The molecule has 3 rings (SSSR count). The second-order valence-corrected chi connectivity index (χ2v) is 7.69. The predicted molar refractivity (Wildman–Crippen MR) is 86.4 cm³/mol. The van der Waals surface area contributed by atoms with E-state index < -0.39 is 49.4 Å². The van der Waals surface area contributed by atoms with E-state index in [9.17, 15) is 36.5 Å². The second-order valence-electron chi connectivity index (χ2n) is 5.79. The first-order valence-electron chi connectivity index (χ1n) is 7.56. The van der Waals surface area contributed by atoms with Crippen molar-refractivity contribution in [3.8, 4) is 0 Å². The average Bonchev–Trinajstić information content (AvgIpc) is 2.60. The minimum atomic E-state index is -4.76. The van der Waals surface area contributed by atoms with Crippen LogP contribution in [0.25, 0.3) is 0 Å². The zero-order valence-electron chi connectivity index (χ0n) is 13.5. The van der Waals surface area contributed by atoms with Gasteiger partial charge in [-0.3, -0.25) is 14.9 Å². The quantitative estimate of drug-likeness (QED) is 0.576. The Labute approximate surface area is 150 Å². The fourth-order valence-corrected chi connectivity index (χ4v) is 4.40.